The first-order chi connectivity index (χ1) is 32.9. The summed E-state index contributed by atoms with van der Waals surface area (Å²) < 4.78 is 2.13. The quantitative estimate of drug-likeness (QED) is 0.156. The van der Waals surface area contributed by atoms with Crippen molar-refractivity contribution < 1.29 is 17.1 Å². The molecule has 4 nitrogen and oxygen atoms in total. The average Bonchev–Trinajstić information content (AvgIpc) is 4.14. The topological polar surface area (TPSA) is 52.9 Å². The molecule has 2 aliphatic heterocycles. The van der Waals surface area contributed by atoms with Crippen molar-refractivity contribution >= 4 is 77.0 Å². The van der Waals surface area contributed by atoms with E-state index >= 15 is 0 Å². The Morgan fingerprint density at radius 3 is 1.25 bits per heavy atom. The van der Waals surface area contributed by atoms with Crippen LogP contribution in [-0.2, 0) is 29.9 Å². The molecular weight excluding hydrogens is 1020 g/mol. The zero-order valence-electron chi connectivity index (χ0n) is 40.2. The Morgan fingerprint density at radius 2 is 0.870 bits per heavy atom. The molecule has 0 unspecified atom stereocenters. The normalized spacial score (nSPS) is 15.7. The van der Waals surface area contributed by atoms with Crippen LogP contribution in [0.15, 0.2) is 162 Å². The van der Waals surface area contributed by atoms with Gasteiger partial charge in [-0.05, 0) is 167 Å². The van der Waals surface area contributed by atoms with Crippen LogP contribution in [0.5, 0.6) is 0 Å². The molecular formula is C62H52Br2CuN4. The zero-order chi connectivity index (χ0) is 47.1. The summed E-state index contributed by atoms with van der Waals surface area (Å²) in [5.41, 5.74) is 29.4. The maximum absolute atomic E-state index is 5.23. The third-order valence-electron chi connectivity index (χ3n) is 14.2. The van der Waals surface area contributed by atoms with E-state index in [2.05, 4.69) is 209 Å². The van der Waals surface area contributed by atoms with Crippen molar-refractivity contribution in [1.82, 2.24) is 9.97 Å². The SMILES string of the molecule is CCC1=C2Cc3ccccc3C2=N/C1=C\c1[n-]c(-c2c(C)cc(C)cc2C)c2ccc(Br)cc12.CCC1=C2Cc3ccccc3C2=N/C1=C\c1[n-]c(-c2c(C)cc(C)cc2C)c2ccc(Br)cc12.[Cu+2]. The van der Waals surface area contributed by atoms with Crippen LogP contribution in [0.4, 0.5) is 0 Å². The molecule has 0 amide bonds. The Labute approximate surface area is 433 Å². The second kappa shape index (κ2) is 18.5. The molecule has 0 fully saturated rings. The minimum absolute atomic E-state index is 0. The van der Waals surface area contributed by atoms with Crippen molar-refractivity contribution in [3.8, 4) is 22.5 Å². The van der Waals surface area contributed by atoms with E-state index < -0.39 is 0 Å². The van der Waals surface area contributed by atoms with E-state index in [-0.39, 0.29) is 17.1 Å². The average molecular weight is 1080 g/mol. The number of aryl methyl sites for hydroxylation is 6. The molecule has 345 valence electrons. The molecule has 6 aromatic carbocycles. The third kappa shape index (κ3) is 8.15. The van der Waals surface area contributed by atoms with Crippen LogP contribution in [0.1, 0.15) is 93.7 Å². The maximum atomic E-state index is 5.23. The number of nitrogens with zero attached hydrogens (tertiary/aromatic N) is 4. The molecule has 0 saturated heterocycles. The number of aromatic nitrogens is 2. The van der Waals surface area contributed by atoms with Crippen molar-refractivity contribution in [2.45, 2.75) is 81.1 Å². The first-order valence-electron chi connectivity index (χ1n) is 23.8. The Kier molecular flexibility index (Phi) is 12.6. The predicted octanol–water partition coefficient (Wildman–Crippen LogP) is 16.5. The number of rotatable bonds is 6. The number of fused-ring (bicyclic) bond motifs is 8. The Morgan fingerprint density at radius 1 is 0.493 bits per heavy atom. The van der Waals surface area contributed by atoms with Gasteiger partial charge >= 0.3 is 17.1 Å². The van der Waals surface area contributed by atoms with Crippen LogP contribution in [0.25, 0.3) is 56.2 Å². The second-order valence-electron chi connectivity index (χ2n) is 18.9. The molecule has 12 rings (SSSR count). The summed E-state index contributed by atoms with van der Waals surface area (Å²) >= 11 is 7.36. The summed E-state index contributed by atoms with van der Waals surface area (Å²) in [6.45, 7) is 17.5. The number of allylic oxidation sites excluding steroid dienone is 4. The molecule has 2 aromatic heterocycles. The van der Waals surface area contributed by atoms with Crippen LogP contribution >= 0.6 is 31.9 Å². The second-order valence-corrected chi connectivity index (χ2v) is 20.7. The van der Waals surface area contributed by atoms with Crippen LogP contribution in [-0.4, -0.2) is 11.4 Å². The van der Waals surface area contributed by atoms with Crippen LogP contribution in [0.2, 0.25) is 0 Å². The number of hydrogen-bond acceptors (Lipinski definition) is 2. The van der Waals surface area contributed by atoms with E-state index in [1.165, 1.54) is 99.8 Å². The van der Waals surface area contributed by atoms with Crippen molar-refractivity contribution in [1.29, 1.82) is 0 Å². The van der Waals surface area contributed by atoms with Gasteiger partial charge in [-0.25, -0.2) is 9.98 Å². The Bertz CT molecular complexity index is 3390. The van der Waals surface area contributed by atoms with Gasteiger partial charge in [0.2, 0.25) is 0 Å². The molecule has 2 aliphatic carbocycles. The van der Waals surface area contributed by atoms with Gasteiger partial charge in [-0.15, -0.1) is 22.8 Å². The van der Waals surface area contributed by atoms with Gasteiger partial charge in [-0.2, -0.15) is 0 Å². The zero-order valence-corrected chi connectivity index (χ0v) is 44.3. The first-order valence-corrected chi connectivity index (χ1v) is 25.4. The molecule has 4 heterocycles. The minimum atomic E-state index is 0. The summed E-state index contributed by atoms with van der Waals surface area (Å²) in [6.07, 6.45) is 8.29. The third-order valence-corrected chi connectivity index (χ3v) is 15.2. The standard InChI is InChI=1S/2C31H26BrN2.Cu/c2*1-5-22-26-14-20-8-6-7-9-23(20)30(26)33-27(22)16-28-25-15-21(32)10-11-24(25)31(34-28)29-18(3)12-17(2)13-19(29)4;/h2*6-13,15-16H,5,14H2,1-4H3;/q2*-1;+2/b2*27-16-;. The molecule has 0 spiro atoms. The molecule has 0 saturated carbocycles. The van der Waals surface area contributed by atoms with Gasteiger partial charge in [0.1, 0.15) is 0 Å². The van der Waals surface area contributed by atoms with Crippen LogP contribution in [0.3, 0.4) is 0 Å². The first kappa shape index (κ1) is 46.9. The van der Waals surface area contributed by atoms with Crippen molar-refractivity contribution in [3.63, 3.8) is 0 Å². The molecule has 4 aliphatic rings. The fourth-order valence-electron chi connectivity index (χ4n) is 11.5. The fraction of sp³-hybridized carbons (Fsp3) is 0.194. The molecule has 8 aromatic rings. The Hall–Kier alpha value is -5.82. The molecule has 0 N–H and O–H groups in total. The van der Waals surface area contributed by atoms with E-state index in [1.807, 2.05) is 0 Å². The van der Waals surface area contributed by atoms with Gasteiger partial charge in [0.05, 0.1) is 22.8 Å². The molecule has 0 bridgehead atoms. The van der Waals surface area contributed by atoms with E-state index in [4.69, 9.17) is 20.0 Å². The van der Waals surface area contributed by atoms with Crippen molar-refractivity contribution in [2.75, 3.05) is 0 Å². The van der Waals surface area contributed by atoms with Gasteiger partial charge in [0.25, 0.3) is 0 Å². The van der Waals surface area contributed by atoms with E-state index in [9.17, 15) is 0 Å². The summed E-state index contributed by atoms with van der Waals surface area (Å²) in [4.78, 5) is 20.8. The van der Waals surface area contributed by atoms with E-state index in [0.29, 0.717) is 0 Å². The van der Waals surface area contributed by atoms with Gasteiger partial charge < -0.3 is 9.97 Å². The molecule has 69 heavy (non-hydrogen) atoms. The number of halogens is 2. The molecule has 1 radical (unpaired) electrons. The number of aliphatic imine (C=N–C) groups is 2. The fourth-order valence-corrected chi connectivity index (χ4v) is 12.2. The maximum Gasteiger partial charge on any atom is 2.00 e. The van der Waals surface area contributed by atoms with Gasteiger partial charge in [0.15, 0.2) is 0 Å². The Balaban J connectivity index is 0.000000158. The van der Waals surface area contributed by atoms with Crippen molar-refractivity contribution in [3.05, 3.63) is 219 Å². The summed E-state index contributed by atoms with van der Waals surface area (Å²) in [6, 6.07) is 39.3. The van der Waals surface area contributed by atoms with Crippen LogP contribution in [0, 0.1) is 41.5 Å². The van der Waals surface area contributed by atoms with Crippen LogP contribution < -0.4 is 9.97 Å². The van der Waals surface area contributed by atoms with Gasteiger partial charge in [0, 0.05) is 32.9 Å². The number of hydrogen-bond donors (Lipinski definition) is 0. The van der Waals surface area contributed by atoms with E-state index in [0.717, 1.165) is 91.0 Å². The van der Waals surface area contributed by atoms with Gasteiger partial charge in [-0.1, -0.05) is 154 Å². The minimum Gasteiger partial charge on any atom is -0.656 e. The van der Waals surface area contributed by atoms with E-state index in [1.54, 1.807) is 0 Å². The summed E-state index contributed by atoms with van der Waals surface area (Å²) in [5, 5.41) is 4.70. The molecule has 7 heteroatoms. The summed E-state index contributed by atoms with van der Waals surface area (Å²) in [7, 11) is 0. The number of benzene rings is 6. The van der Waals surface area contributed by atoms with Gasteiger partial charge in [-0.3, -0.25) is 0 Å². The molecule has 0 atom stereocenters. The van der Waals surface area contributed by atoms with Crippen molar-refractivity contribution in [2.24, 2.45) is 9.98 Å². The predicted molar refractivity (Wildman–Crippen MR) is 293 cm³/mol. The monoisotopic (exact) mass is 1070 g/mol. The summed E-state index contributed by atoms with van der Waals surface area (Å²) in [5.74, 6) is 0. The largest absolute Gasteiger partial charge is 2.00 e. The smallest absolute Gasteiger partial charge is 0.656 e.